The zero-order chi connectivity index (χ0) is 23.2. The first-order chi connectivity index (χ1) is 16.6. The van der Waals surface area contributed by atoms with Crippen LogP contribution in [0.25, 0.3) is 27.7 Å². The first-order valence-electron chi connectivity index (χ1n) is 11.5. The Bertz CT molecular complexity index is 1460. The van der Waals surface area contributed by atoms with Crippen LogP contribution in [0.4, 0.5) is 4.39 Å². The highest BCUT2D eigenvalue weighted by Gasteiger charge is 2.37. The molecule has 2 aliphatic rings. The van der Waals surface area contributed by atoms with Crippen molar-refractivity contribution in [1.82, 2.24) is 29.6 Å². The zero-order valence-corrected chi connectivity index (χ0v) is 18.4. The standard InChI is InChI=1S/C25H23FN6O2/c26-20-10-17(18-3-4-19-12-27-14-28-21(19)11-18)5-6-22(20)32-23(29-30-25(32)34)9-15-7-8-31(13-15)24(33)16-1-2-16/h3-6,10-12,14-16H,1-2,7-9,13H2,(H,30,34). The van der Waals surface area contributed by atoms with E-state index in [-0.39, 0.29) is 23.4 Å². The number of H-pyrrole nitrogens is 1. The fourth-order valence-electron chi connectivity index (χ4n) is 4.78. The zero-order valence-electron chi connectivity index (χ0n) is 18.4. The number of rotatable bonds is 5. The molecule has 1 amide bonds. The van der Waals surface area contributed by atoms with Gasteiger partial charge >= 0.3 is 5.69 Å². The number of fused-ring (bicyclic) bond motifs is 1. The van der Waals surface area contributed by atoms with Crippen LogP contribution < -0.4 is 5.69 Å². The van der Waals surface area contributed by atoms with Crippen molar-refractivity contribution in [3.05, 3.63) is 71.0 Å². The van der Waals surface area contributed by atoms with Crippen LogP contribution in [0.5, 0.6) is 0 Å². The summed E-state index contributed by atoms with van der Waals surface area (Å²) in [4.78, 5) is 35.1. The number of carbonyl (C=O) groups excluding carboxylic acids is 1. The molecule has 2 aromatic carbocycles. The second kappa shape index (κ2) is 8.16. The maximum absolute atomic E-state index is 15.3. The number of hydrogen-bond donors (Lipinski definition) is 1. The molecule has 9 heteroatoms. The molecule has 1 aliphatic carbocycles. The van der Waals surface area contributed by atoms with Gasteiger partial charge < -0.3 is 4.90 Å². The first-order valence-corrected chi connectivity index (χ1v) is 11.5. The lowest BCUT2D eigenvalue weighted by atomic mass is 10.0. The maximum atomic E-state index is 15.3. The Kier molecular flexibility index (Phi) is 4.97. The van der Waals surface area contributed by atoms with Crippen molar-refractivity contribution in [2.24, 2.45) is 11.8 Å². The number of carbonyl (C=O) groups is 1. The van der Waals surface area contributed by atoms with Crippen LogP contribution in [-0.4, -0.2) is 48.6 Å². The van der Waals surface area contributed by atoms with E-state index in [0.29, 0.717) is 24.4 Å². The van der Waals surface area contributed by atoms with Crippen LogP contribution in [0, 0.1) is 17.7 Å². The molecule has 0 spiro atoms. The van der Waals surface area contributed by atoms with E-state index in [0.717, 1.165) is 42.3 Å². The predicted octanol–water partition coefficient (Wildman–Crippen LogP) is 3.11. The Morgan fingerprint density at radius 3 is 2.76 bits per heavy atom. The molecule has 2 aromatic heterocycles. The van der Waals surface area contributed by atoms with Gasteiger partial charge in [-0.05, 0) is 54.5 Å². The largest absolute Gasteiger partial charge is 0.348 e. The third-order valence-corrected chi connectivity index (χ3v) is 6.77. The molecular formula is C25H23FN6O2. The lowest BCUT2D eigenvalue weighted by Gasteiger charge is -2.16. The minimum absolute atomic E-state index is 0.157. The fraction of sp³-hybridized carbons (Fsp3) is 0.320. The lowest BCUT2D eigenvalue weighted by Crippen LogP contribution is -2.30. The molecule has 2 fully saturated rings. The Balaban J connectivity index is 1.26. The van der Waals surface area contributed by atoms with Gasteiger partial charge in [-0.1, -0.05) is 18.2 Å². The molecule has 1 atom stereocenters. The van der Waals surface area contributed by atoms with Gasteiger partial charge in [-0.3, -0.25) is 4.79 Å². The number of aromatic nitrogens is 5. The van der Waals surface area contributed by atoms with Gasteiger partial charge in [0.2, 0.25) is 5.91 Å². The van der Waals surface area contributed by atoms with Crippen molar-refractivity contribution in [3.63, 3.8) is 0 Å². The highest BCUT2D eigenvalue weighted by molar-refractivity contribution is 5.83. The average molecular weight is 458 g/mol. The van der Waals surface area contributed by atoms with Gasteiger partial charge in [0.25, 0.3) is 0 Å². The summed E-state index contributed by atoms with van der Waals surface area (Å²) in [5, 5.41) is 7.54. The second-order valence-electron chi connectivity index (χ2n) is 9.16. The van der Waals surface area contributed by atoms with Crippen molar-refractivity contribution in [2.75, 3.05) is 13.1 Å². The van der Waals surface area contributed by atoms with Gasteiger partial charge in [0.15, 0.2) is 0 Å². The van der Waals surface area contributed by atoms with Crippen LogP contribution in [0.2, 0.25) is 0 Å². The van der Waals surface area contributed by atoms with Crippen molar-refractivity contribution >= 4 is 16.8 Å². The molecule has 1 aliphatic heterocycles. The summed E-state index contributed by atoms with van der Waals surface area (Å²) in [6.45, 7) is 1.39. The number of benzene rings is 2. The van der Waals surface area contributed by atoms with Gasteiger partial charge in [-0.15, -0.1) is 0 Å². The molecule has 6 rings (SSSR count). The van der Waals surface area contributed by atoms with Crippen LogP contribution in [0.15, 0.2) is 53.7 Å². The van der Waals surface area contributed by atoms with Crippen molar-refractivity contribution in [1.29, 1.82) is 0 Å². The predicted molar refractivity (Wildman–Crippen MR) is 124 cm³/mol. The Hall–Kier alpha value is -3.88. The summed E-state index contributed by atoms with van der Waals surface area (Å²) in [6, 6.07) is 10.5. The summed E-state index contributed by atoms with van der Waals surface area (Å²) < 4.78 is 16.6. The highest BCUT2D eigenvalue weighted by Crippen LogP contribution is 2.33. The number of halogens is 1. The molecule has 0 radical (unpaired) electrons. The summed E-state index contributed by atoms with van der Waals surface area (Å²) >= 11 is 0. The number of nitrogens with one attached hydrogen (secondary N) is 1. The van der Waals surface area contributed by atoms with E-state index in [1.54, 1.807) is 18.3 Å². The smallest absolute Gasteiger partial charge is 0.342 e. The van der Waals surface area contributed by atoms with E-state index in [9.17, 15) is 9.59 Å². The van der Waals surface area contributed by atoms with Gasteiger partial charge in [0, 0.05) is 37.0 Å². The third-order valence-electron chi connectivity index (χ3n) is 6.77. The molecule has 172 valence electrons. The Labute approximate surface area is 194 Å². The molecule has 8 nitrogen and oxygen atoms in total. The summed E-state index contributed by atoms with van der Waals surface area (Å²) in [6.07, 6.45) is 6.54. The molecule has 34 heavy (non-hydrogen) atoms. The first kappa shape index (κ1) is 20.7. The molecule has 1 saturated carbocycles. The van der Waals surface area contributed by atoms with Crippen molar-refractivity contribution in [2.45, 2.75) is 25.7 Å². The summed E-state index contributed by atoms with van der Waals surface area (Å²) in [5.41, 5.74) is 1.96. The number of nitrogens with zero attached hydrogens (tertiary/aromatic N) is 5. The minimum Gasteiger partial charge on any atom is -0.342 e. The van der Waals surface area contributed by atoms with E-state index >= 15 is 4.39 Å². The van der Waals surface area contributed by atoms with Crippen LogP contribution in [0.1, 0.15) is 25.1 Å². The van der Waals surface area contributed by atoms with Gasteiger partial charge in [-0.2, -0.15) is 5.10 Å². The Morgan fingerprint density at radius 2 is 1.94 bits per heavy atom. The van der Waals surface area contributed by atoms with Crippen molar-refractivity contribution in [3.8, 4) is 16.8 Å². The van der Waals surface area contributed by atoms with E-state index in [2.05, 4.69) is 20.2 Å². The average Bonchev–Trinajstić information content (AvgIpc) is 3.50. The van der Waals surface area contributed by atoms with Crippen LogP contribution in [-0.2, 0) is 11.2 Å². The highest BCUT2D eigenvalue weighted by atomic mass is 19.1. The van der Waals surface area contributed by atoms with E-state index in [1.165, 1.54) is 17.0 Å². The summed E-state index contributed by atoms with van der Waals surface area (Å²) in [5.74, 6) is 0.596. The van der Waals surface area contributed by atoms with Crippen molar-refractivity contribution < 1.29 is 9.18 Å². The van der Waals surface area contributed by atoms with Gasteiger partial charge in [0.05, 0.1) is 11.2 Å². The number of amides is 1. The molecule has 1 saturated heterocycles. The van der Waals surface area contributed by atoms with E-state index in [1.807, 2.05) is 23.1 Å². The minimum atomic E-state index is -0.512. The quantitative estimate of drug-likeness (QED) is 0.496. The monoisotopic (exact) mass is 458 g/mol. The van der Waals surface area contributed by atoms with E-state index < -0.39 is 11.5 Å². The fourth-order valence-corrected chi connectivity index (χ4v) is 4.78. The topological polar surface area (TPSA) is 96.8 Å². The van der Waals surface area contributed by atoms with E-state index in [4.69, 9.17) is 0 Å². The van der Waals surface area contributed by atoms with Gasteiger partial charge in [0.1, 0.15) is 18.0 Å². The second-order valence-corrected chi connectivity index (χ2v) is 9.16. The SMILES string of the molecule is O=C(C1CC1)N1CCC(Cc2n[nH]c(=O)n2-c2ccc(-c3ccc4cncnc4c3)cc2F)C1. The normalized spacial score (nSPS) is 18.0. The summed E-state index contributed by atoms with van der Waals surface area (Å²) in [7, 11) is 0. The van der Waals surface area contributed by atoms with Gasteiger partial charge in [-0.25, -0.2) is 28.8 Å². The maximum Gasteiger partial charge on any atom is 0.348 e. The lowest BCUT2D eigenvalue weighted by molar-refractivity contribution is -0.131. The number of likely N-dealkylation sites (tertiary alicyclic amines) is 1. The third kappa shape index (κ3) is 3.76. The van der Waals surface area contributed by atoms with Crippen LogP contribution in [0.3, 0.4) is 0 Å². The molecular weight excluding hydrogens is 435 g/mol. The Morgan fingerprint density at radius 1 is 1.12 bits per heavy atom. The molecule has 3 heterocycles. The molecule has 4 aromatic rings. The molecule has 0 bridgehead atoms. The van der Waals surface area contributed by atoms with Crippen LogP contribution >= 0.6 is 0 Å². The number of hydrogen-bond acceptors (Lipinski definition) is 5. The number of aromatic amines is 1. The molecule has 1 N–H and O–H groups in total. The molecule has 1 unspecified atom stereocenters.